The van der Waals surface area contributed by atoms with Gasteiger partial charge in [-0.3, -0.25) is 9.69 Å². The quantitative estimate of drug-likeness (QED) is 0.604. The van der Waals surface area contributed by atoms with Gasteiger partial charge in [0.2, 0.25) is 0 Å². The molecule has 8 heteroatoms. The first kappa shape index (κ1) is 21.5. The maximum atomic E-state index is 12.7. The van der Waals surface area contributed by atoms with E-state index in [1.807, 2.05) is 23.9 Å². The smallest absolute Gasteiger partial charge is 0.326 e. The summed E-state index contributed by atoms with van der Waals surface area (Å²) < 4.78 is 0. The van der Waals surface area contributed by atoms with Crippen molar-refractivity contribution in [3.05, 3.63) is 48.2 Å². The Bertz CT molecular complexity index is 830. The zero-order chi connectivity index (χ0) is 20.5. The van der Waals surface area contributed by atoms with Crippen molar-refractivity contribution >= 4 is 46.8 Å². The number of hydrogen-bond donors (Lipinski definition) is 2. The summed E-state index contributed by atoms with van der Waals surface area (Å²) in [6, 6.07) is 10.5. The van der Waals surface area contributed by atoms with Crippen molar-refractivity contribution < 1.29 is 9.59 Å². The SMILES string of the molecule is CCCSCCCNC(=O)c1ccc(NC(=O)N2CCSc3ncccc32)cc1. The molecule has 1 aliphatic heterocycles. The molecule has 3 amide bonds. The first-order chi connectivity index (χ1) is 14.2. The van der Waals surface area contributed by atoms with Gasteiger partial charge in [0.1, 0.15) is 5.03 Å². The molecular weight excluding hydrogens is 404 g/mol. The summed E-state index contributed by atoms with van der Waals surface area (Å²) in [6.45, 7) is 3.48. The molecule has 0 radical (unpaired) electrons. The molecule has 154 valence electrons. The summed E-state index contributed by atoms with van der Waals surface area (Å²) >= 11 is 3.57. The minimum Gasteiger partial charge on any atom is -0.352 e. The highest BCUT2D eigenvalue weighted by Crippen LogP contribution is 2.32. The van der Waals surface area contributed by atoms with Crippen LogP contribution in [0.2, 0.25) is 0 Å². The van der Waals surface area contributed by atoms with E-state index in [9.17, 15) is 9.59 Å². The molecule has 1 aliphatic rings. The third-order valence-corrected chi connectivity index (χ3v) is 6.59. The average molecular weight is 431 g/mol. The molecule has 0 saturated heterocycles. The normalized spacial score (nSPS) is 12.9. The van der Waals surface area contributed by atoms with Crippen molar-refractivity contribution in [1.29, 1.82) is 0 Å². The Morgan fingerprint density at radius 1 is 1.21 bits per heavy atom. The van der Waals surface area contributed by atoms with E-state index in [0.717, 1.165) is 28.6 Å². The number of hydrogen-bond acceptors (Lipinski definition) is 5. The zero-order valence-electron chi connectivity index (χ0n) is 16.5. The van der Waals surface area contributed by atoms with E-state index in [2.05, 4.69) is 22.5 Å². The number of aromatic nitrogens is 1. The van der Waals surface area contributed by atoms with Gasteiger partial charge in [-0.05, 0) is 60.7 Å². The summed E-state index contributed by atoms with van der Waals surface area (Å²) in [5, 5.41) is 6.72. The van der Waals surface area contributed by atoms with E-state index in [0.29, 0.717) is 24.3 Å². The molecule has 0 fully saturated rings. The van der Waals surface area contributed by atoms with Crippen LogP contribution in [-0.2, 0) is 0 Å². The second-order valence-corrected chi connectivity index (χ2v) is 8.87. The van der Waals surface area contributed by atoms with E-state index < -0.39 is 0 Å². The predicted molar refractivity (Wildman–Crippen MR) is 122 cm³/mol. The van der Waals surface area contributed by atoms with Gasteiger partial charge < -0.3 is 10.6 Å². The van der Waals surface area contributed by atoms with Crippen LogP contribution in [0, 0.1) is 0 Å². The van der Waals surface area contributed by atoms with Crippen LogP contribution < -0.4 is 15.5 Å². The molecule has 6 nitrogen and oxygen atoms in total. The van der Waals surface area contributed by atoms with Crippen molar-refractivity contribution in [2.45, 2.75) is 24.8 Å². The van der Waals surface area contributed by atoms with Gasteiger partial charge >= 0.3 is 6.03 Å². The van der Waals surface area contributed by atoms with Crippen LogP contribution in [0.1, 0.15) is 30.1 Å². The number of nitrogens with one attached hydrogen (secondary N) is 2. The standard InChI is InChI=1S/C21H26N4O2S2/c1-2-13-28-14-4-11-22-19(26)16-6-8-17(9-7-16)24-21(27)25-12-15-29-20-18(25)5-3-10-23-20/h3,5-10H,2,4,11-15H2,1H3,(H,22,26)(H,24,27). The highest BCUT2D eigenvalue weighted by Gasteiger charge is 2.23. The number of pyridine rings is 1. The van der Waals surface area contributed by atoms with E-state index in [-0.39, 0.29) is 11.9 Å². The Kier molecular flexibility index (Phi) is 8.25. The number of benzene rings is 1. The Hall–Kier alpha value is -2.19. The van der Waals surface area contributed by atoms with Crippen molar-refractivity contribution in [3.8, 4) is 0 Å². The number of rotatable bonds is 8. The number of carbonyl (C=O) groups is 2. The maximum absolute atomic E-state index is 12.7. The van der Waals surface area contributed by atoms with Gasteiger partial charge in [-0.2, -0.15) is 11.8 Å². The summed E-state index contributed by atoms with van der Waals surface area (Å²) in [4.78, 5) is 31.0. The van der Waals surface area contributed by atoms with Gasteiger partial charge in [0.15, 0.2) is 0 Å². The molecule has 2 heterocycles. The van der Waals surface area contributed by atoms with Gasteiger partial charge in [-0.15, -0.1) is 11.8 Å². The van der Waals surface area contributed by atoms with Gasteiger partial charge in [0.05, 0.1) is 5.69 Å². The zero-order valence-corrected chi connectivity index (χ0v) is 18.2. The molecule has 2 N–H and O–H groups in total. The van der Waals surface area contributed by atoms with Gasteiger partial charge in [-0.25, -0.2) is 9.78 Å². The molecule has 1 aromatic carbocycles. The van der Waals surface area contributed by atoms with E-state index in [1.54, 1.807) is 47.1 Å². The number of carbonyl (C=O) groups excluding carboxylic acids is 2. The lowest BCUT2D eigenvalue weighted by atomic mass is 10.2. The second-order valence-electron chi connectivity index (χ2n) is 6.56. The topological polar surface area (TPSA) is 74.3 Å². The molecule has 0 saturated carbocycles. The second kappa shape index (κ2) is 11.1. The molecule has 0 aliphatic carbocycles. The molecule has 29 heavy (non-hydrogen) atoms. The minimum atomic E-state index is -0.193. The van der Waals surface area contributed by atoms with Crippen LogP contribution >= 0.6 is 23.5 Å². The van der Waals surface area contributed by atoms with Crippen LogP contribution in [0.15, 0.2) is 47.6 Å². The lowest BCUT2D eigenvalue weighted by molar-refractivity contribution is 0.0954. The highest BCUT2D eigenvalue weighted by molar-refractivity contribution is 7.99. The number of fused-ring (bicyclic) bond motifs is 1. The molecule has 0 unspecified atom stereocenters. The molecular formula is C21H26N4O2S2. The summed E-state index contributed by atoms with van der Waals surface area (Å²) in [5.41, 5.74) is 2.08. The van der Waals surface area contributed by atoms with E-state index >= 15 is 0 Å². The van der Waals surface area contributed by atoms with Gasteiger partial charge in [0.25, 0.3) is 5.91 Å². The van der Waals surface area contributed by atoms with Gasteiger partial charge in [0, 0.05) is 36.3 Å². The fourth-order valence-corrected chi connectivity index (χ4v) is 4.65. The van der Waals surface area contributed by atoms with Crippen LogP contribution in [-0.4, -0.2) is 47.3 Å². The number of thioether (sulfide) groups is 2. The number of anilines is 2. The van der Waals surface area contributed by atoms with Crippen LogP contribution in [0.25, 0.3) is 0 Å². The Morgan fingerprint density at radius 2 is 2.03 bits per heavy atom. The number of amides is 3. The number of nitrogens with zero attached hydrogens (tertiary/aromatic N) is 2. The lowest BCUT2D eigenvalue weighted by Gasteiger charge is -2.28. The highest BCUT2D eigenvalue weighted by atomic mass is 32.2. The first-order valence-corrected chi connectivity index (χ1v) is 12.0. The largest absolute Gasteiger partial charge is 0.352 e. The van der Waals surface area contributed by atoms with Crippen LogP contribution in [0.5, 0.6) is 0 Å². The Balaban J connectivity index is 1.50. The summed E-state index contributed by atoms with van der Waals surface area (Å²) in [7, 11) is 0. The molecule has 3 rings (SSSR count). The Labute approximate surface area is 180 Å². The van der Waals surface area contributed by atoms with E-state index in [1.165, 1.54) is 12.2 Å². The van der Waals surface area contributed by atoms with Crippen LogP contribution in [0.3, 0.4) is 0 Å². The molecule has 0 atom stereocenters. The fraction of sp³-hybridized carbons (Fsp3) is 0.381. The number of urea groups is 1. The summed E-state index contributed by atoms with van der Waals surface area (Å²) in [6.07, 6.45) is 3.89. The first-order valence-electron chi connectivity index (χ1n) is 9.81. The van der Waals surface area contributed by atoms with Gasteiger partial charge in [-0.1, -0.05) is 6.92 Å². The molecule has 1 aromatic heterocycles. The van der Waals surface area contributed by atoms with Crippen molar-refractivity contribution in [2.24, 2.45) is 0 Å². The lowest BCUT2D eigenvalue weighted by Crippen LogP contribution is -2.38. The predicted octanol–water partition coefficient (Wildman–Crippen LogP) is 4.49. The average Bonchev–Trinajstić information content (AvgIpc) is 2.76. The van der Waals surface area contributed by atoms with Crippen LogP contribution in [0.4, 0.5) is 16.2 Å². The molecule has 0 bridgehead atoms. The van der Waals surface area contributed by atoms with E-state index in [4.69, 9.17) is 0 Å². The van der Waals surface area contributed by atoms with Crippen molar-refractivity contribution in [1.82, 2.24) is 10.3 Å². The molecule has 0 spiro atoms. The maximum Gasteiger partial charge on any atom is 0.326 e. The Morgan fingerprint density at radius 3 is 2.83 bits per heavy atom. The monoisotopic (exact) mass is 430 g/mol. The third-order valence-electron chi connectivity index (χ3n) is 4.34. The van der Waals surface area contributed by atoms with Crippen molar-refractivity contribution in [2.75, 3.05) is 40.6 Å². The summed E-state index contributed by atoms with van der Waals surface area (Å²) in [5.74, 6) is 2.95. The third kappa shape index (κ3) is 6.14. The minimum absolute atomic E-state index is 0.0866. The fourth-order valence-electron chi connectivity index (χ4n) is 2.88. The van der Waals surface area contributed by atoms with Crippen molar-refractivity contribution in [3.63, 3.8) is 0 Å². The molecule has 2 aromatic rings.